The lowest BCUT2D eigenvalue weighted by atomic mass is 9.77. The summed E-state index contributed by atoms with van der Waals surface area (Å²) in [6.45, 7) is 5.69. The number of aromatic nitrogens is 1. The maximum Gasteiger partial charge on any atom is 0.241 e. The third kappa shape index (κ3) is 3.47. The van der Waals surface area contributed by atoms with Crippen molar-refractivity contribution in [2.75, 3.05) is 40.3 Å². The Balaban J connectivity index is 1.55. The number of likely N-dealkylation sites (N-methyl/N-ethyl adjacent to an activating group) is 1. The molecular weight excluding hydrogens is 324 g/mol. The van der Waals surface area contributed by atoms with Crippen LogP contribution >= 0.6 is 11.3 Å². The number of likely N-dealkylation sites (tertiary alicyclic amines) is 2. The summed E-state index contributed by atoms with van der Waals surface area (Å²) < 4.78 is 0. The van der Waals surface area contributed by atoms with Gasteiger partial charge in [-0.3, -0.25) is 14.5 Å². The summed E-state index contributed by atoms with van der Waals surface area (Å²) in [5.41, 5.74) is 0.894. The van der Waals surface area contributed by atoms with Crippen LogP contribution in [0, 0.1) is 12.3 Å². The van der Waals surface area contributed by atoms with E-state index < -0.39 is 0 Å². The monoisotopic (exact) mass is 350 g/mol. The number of piperidine rings is 1. The fraction of sp³-hybridized carbons (Fsp3) is 0.706. The number of aryl methyl sites for hydroxylation is 1. The van der Waals surface area contributed by atoms with Crippen LogP contribution in [0.5, 0.6) is 0 Å². The molecule has 2 aliphatic heterocycles. The highest BCUT2D eigenvalue weighted by Gasteiger charge is 2.48. The number of carbonyl (C=O) groups is 2. The maximum absolute atomic E-state index is 12.8. The molecule has 0 saturated carbocycles. The quantitative estimate of drug-likeness (QED) is 0.823. The van der Waals surface area contributed by atoms with Crippen LogP contribution in [-0.2, 0) is 16.1 Å². The van der Waals surface area contributed by atoms with Crippen LogP contribution in [0.3, 0.4) is 0 Å². The standard InChI is InChI=1S/C17H26N4O2S/c1-13-18-14(12-24-13)10-20-7-4-17(5-8-20)6-9-21(16(17)23)11-15(22)19(2)3/h12H,4-11H2,1-3H3. The lowest BCUT2D eigenvalue weighted by Crippen LogP contribution is -2.46. The number of nitrogens with zero attached hydrogens (tertiary/aromatic N) is 4. The van der Waals surface area contributed by atoms with Crippen LogP contribution in [0.1, 0.15) is 30.0 Å². The Morgan fingerprint density at radius 2 is 1.96 bits per heavy atom. The second kappa shape index (κ2) is 6.80. The summed E-state index contributed by atoms with van der Waals surface area (Å²) in [5.74, 6) is 0.179. The van der Waals surface area contributed by atoms with Crippen LogP contribution in [-0.4, -0.2) is 71.8 Å². The first-order valence-electron chi connectivity index (χ1n) is 8.52. The van der Waals surface area contributed by atoms with Gasteiger partial charge < -0.3 is 9.80 Å². The van der Waals surface area contributed by atoms with E-state index in [-0.39, 0.29) is 23.8 Å². The molecule has 1 spiro atoms. The Morgan fingerprint density at radius 3 is 2.54 bits per heavy atom. The van der Waals surface area contributed by atoms with Crippen LogP contribution in [0.15, 0.2) is 5.38 Å². The van der Waals surface area contributed by atoms with Crippen molar-refractivity contribution < 1.29 is 9.59 Å². The van der Waals surface area contributed by atoms with Gasteiger partial charge in [-0.05, 0) is 39.3 Å². The van der Waals surface area contributed by atoms with Gasteiger partial charge in [-0.25, -0.2) is 4.98 Å². The third-order valence-electron chi connectivity index (χ3n) is 5.29. The molecule has 0 N–H and O–H groups in total. The zero-order valence-electron chi connectivity index (χ0n) is 14.7. The lowest BCUT2D eigenvalue weighted by Gasteiger charge is -2.37. The van der Waals surface area contributed by atoms with Crippen molar-refractivity contribution in [3.63, 3.8) is 0 Å². The summed E-state index contributed by atoms with van der Waals surface area (Å²) in [6, 6.07) is 0. The zero-order valence-corrected chi connectivity index (χ0v) is 15.6. The summed E-state index contributed by atoms with van der Waals surface area (Å²) in [6.07, 6.45) is 2.67. The summed E-state index contributed by atoms with van der Waals surface area (Å²) >= 11 is 1.69. The first-order valence-corrected chi connectivity index (χ1v) is 9.40. The third-order valence-corrected chi connectivity index (χ3v) is 6.11. The fourth-order valence-electron chi connectivity index (χ4n) is 3.66. The molecule has 3 rings (SSSR count). The minimum atomic E-state index is -0.235. The average Bonchev–Trinajstić information content (AvgIpc) is 3.08. The molecule has 24 heavy (non-hydrogen) atoms. The number of hydrogen-bond acceptors (Lipinski definition) is 5. The summed E-state index contributed by atoms with van der Waals surface area (Å²) in [4.78, 5) is 34.9. The van der Waals surface area contributed by atoms with E-state index in [1.165, 1.54) is 0 Å². The second-order valence-corrected chi connectivity index (χ2v) is 8.24. The Bertz CT molecular complexity index is 620. The van der Waals surface area contributed by atoms with Gasteiger partial charge >= 0.3 is 0 Å². The highest BCUT2D eigenvalue weighted by Crippen LogP contribution is 2.41. The molecule has 2 saturated heterocycles. The van der Waals surface area contributed by atoms with E-state index in [0.29, 0.717) is 6.54 Å². The largest absolute Gasteiger partial charge is 0.347 e. The first-order chi connectivity index (χ1) is 11.4. The van der Waals surface area contributed by atoms with Gasteiger partial charge in [0.25, 0.3) is 0 Å². The van der Waals surface area contributed by atoms with Gasteiger partial charge in [-0.1, -0.05) is 0 Å². The number of rotatable bonds is 4. The molecule has 2 fully saturated rings. The van der Waals surface area contributed by atoms with Gasteiger partial charge in [0.1, 0.15) is 0 Å². The molecule has 6 nitrogen and oxygen atoms in total. The molecule has 7 heteroatoms. The molecule has 132 valence electrons. The Hall–Kier alpha value is -1.47. The maximum atomic E-state index is 12.8. The molecule has 2 aliphatic rings. The van der Waals surface area contributed by atoms with Gasteiger partial charge in [0, 0.05) is 32.6 Å². The van der Waals surface area contributed by atoms with Crippen molar-refractivity contribution in [3.05, 3.63) is 16.1 Å². The van der Waals surface area contributed by atoms with Gasteiger partial charge in [-0.2, -0.15) is 0 Å². The second-order valence-electron chi connectivity index (χ2n) is 7.18. The van der Waals surface area contributed by atoms with Crippen LogP contribution < -0.4 is 0 Å². The SMILES string of the molecule is Cc1nc(CN2CCC3(CC2)CCN(CC(=O)N(C)C)C3=O)cs1. The minimum Gasteiger partial charge on any atom is -0.347 e. The van der Waals surface area contributed by atoms with Crippen molar-refractivity contribution in [2.24, 2.45) is 5.41 Å². The van der Waals surface area contributed by atoms with Gasteiger partial charge in [-0.15, -0.1) is 11.3 Å². The van der Waals surface area contributed by atoms with E-state index >= 15 is 0 Å². The van der Waals surface area contributed by atoms with Gasteiger partial charge in [0.15, 0.2) is 0 Å². The molecule has 3 heterocycles. The van der Waals surface area contributed by atoms with E-state index in [1.807, 2.05) is 6.92 Å². The Kier molecular flexibility index (Phi) is 4.92. The summed E-state index contributed by atoms with van der Waals surface area (Å²) in [7, 11) is 3.47. The molecule has 0 unspecified atom stereocenters. The molecule has 0 atom stereocenters. The van der Waals surface area contributed by atoms with Crippen LogP contribution in [0.25, 0.3) is 0 Å². The molecule has 0 aliphatic carbocycles. The molecule has 2 amide bonds. The van der Waals surface area contributed by atoms with E-state index in [0.717, 1.165) is 49.6 Å². The molecule has 0 aromatic carbocycles. The number of thiazole rings is 1. The smallest absolute Gasteiger partial charge is 0.241 e. The predicted octanol–water partition coefficient (Wildman–Crippen LogP) is 1.35. The van der Waals surface area contributed by atoms with Crippen molar-refractivity contribution in [2.45, 2.75) is 32.7 Å². The van der Waals surface area contributed by atoms with E-state index in [1.54, 1.807) is 35.2 Å². The topological polar surface area (TPSA) is 56.8 Å². The molecule has 1 aromatic heterocycles. The Morgan fingerprint density at radius 1 is 1.29 bits per heavy atom. The molecule has 0 bridgehead atoms. The van der Waals surface area contributed by atoms with Crippen molar-refractivity contribution in [1.29, 1.82) is 0 Å². The number of hydrogen-bond donors (Lipinski definition) is 0. The number of amides is 2. The van der Waals surface area contributed by atoms with Gasteiger partial charge in [0.2, 0.25) is 11.8 Å². The molecule has 1 aromatic rings. The van der Waals surface area contributed by atoms with Crippen molar-refractivity contribution >= 4 is 23.2 Å². The van der Waals surface area contributed by atoms with Crippen molar-refractivity contribution in [1.82, 2.24) is 19.7 Å². The van der Waals surface area contributed by atoms with E-state index in [9.17, 15) is 9.59 Å². The molecular formula is C17H26N4O2S. The Labute approximate surface area is 147 Å². The minimum absolute atomic E-state index is 0.00302. The van der Waals surface area contributed by atoms with Crippen LogP contribution in [0.2, 0.25) is 0 Å². The normalized spacial score (nSPS) is 20.8. The van der Waals surface area contributed by atoms with E-state index in [4.69, 9.17) is 0 Å². The predicted molar refractivity (Wildman–Crippen MR) is 93.7 cm³/mol. The highest BCUT2D eigenvalue weighted by atomic mass is 32.1. The van der Waals surface area contributed by atoms with E-state index in [2.05, 4.69) is 15.3 Å². The zero-order chi connectivity index (χ0) is 17.3. The van der Waals surface area contributed by atoms with Crippen molar-refractivity contribution in [3.8, 4) is 0 Å². The number of carbonyl (C=O) groups excluding carboxylic acids is 2. The first kappa shape index (κ1) is 17.4. The lowest BCUT2D eigenvalue weighted by molar-refractivity contribution is -0.143. The molecule has 0 radical (unpaired) electrons. The average molecular weight is 350 g/mol. The fourth-order valence-corrected chi connectivity index (χ4v) is 4.27. The van der Waals surface area contributed by atoms with Crippen LogP contribution in [0.4, 0.5) is 0 Å². The summed E-state index contributed by atoms with van der Waals surface area (Å²) in [5, 5.41) is 3.22. The van der Waals surface area contributed by atoms with Gasteiger partial charge in [0.05, 0.1) is 22.7 Å². The highest BCUT2D eigenvalue weighted by molar-refractivity contribution is 7.09.